The van der Waals surface area contributed by atoms with E-state index < -0.39 is 0 Å². The Labute approximate surface area is 193 Å². The number of nitrogens with zero attached hydrogens (tertiary/aromatic N) is 3. The molecule has 0 spiro atoms. The normalized spacial score (nSPS) is 17.7. The van der Waals surface area contributed by atoms with Gasteiger partial charge in [0.1, 0.15) is 0 Å². The first kappa shape index (κ1) is 24.5. The van der Waals surface area contributed by atoms with Crippen molar-refractivity contribution in [2.45, 2.75) is 0 Å². The van der Waals surface area contributed by atoms with Crippen LogP contribution in [-0.4, -0.2) is 117 Å². The molecule has 2 heterocycles. The second-order valence-corrected chi connectivity index (χ2v) is 9.15. The molecule has 2 fully saturated rings. The fraction of sp³-hybridized carbons (Fsp3) is 0.591. The number of thioether (sulfide) groups is 1. The van der Waals surface area contributed by atoms with Crippen LogP contribution in [0.5, 0.6) is 0 Å². The summed E-state index contributed by atoms with van der Waals surface area (Å²) in [7, 11) is 1.60. The second kappa shape index (κ2) is 12.8. The van der Waals surface area contributed by atoms with Crippen LogP contribution in [0, 0.1) is 0 Å². The summed E-state index contributed by atoms with van der Waals surface area (Å²) in [6.45, 7) is 6.13. The third kappa shape index (κ3) is 7.77. The smallest absolute Gasteiger partial charge is 0.253 e. The number of anilines is 1. The lowest BCUT2D eigenvalue weighted by atomic mass is 10.1. The Morgan fingerprint density at radius 2 is 1.62 bits per heavy atom. The summed E-state index contributed by atoms with van der Waals surface area (Å²) in [6.07, 6.45) is 0. The Hall–Kier alpha value is -2.14. The van der Waals surface area contributed by atoms with Crippen LogP contribution in [-0.2, 0) is 14.3 Å². The van der Waals surface area contributed by atoms with E-state index in [1.165, 1.54) is 0 Å². The Bertz CT molecular complexity index is 779. The molecule has 2 saturated heterocycles. The summed E-state index contributed by atoms with van der Waals surface area (Å²) >= 11 is 1.86. The van der Waals surface area contributed by atoms with E-state index in [4.69, 9.17) is 4.74 Å². The zero-order valence-electron chi connectivity index (χ0n) is 18.7. The first-order valence-corrected chi connectivity index (χ1v) is 12.2. The topological polar surface area (TPSA) is 94.2 Å². The highest BCUT2D eigenvalue weighted by molar-refractivity contribution is 7.99. The molecule has 2 N–H and O–H groups in total. The van der Waals surface area contributed by atoms with E-state index in [9.17, 15) is 14.4 Å². The van der Waals surface area contributed by atoms with Crippen molar-refractivity contribution >= 4 is 35.2 Å². The highest BCUT2D eigenvalue weighted by Gasteiger charge is 2.21. The number of benzene rings is 1. The van der Waals surface area contributed by atoms with Crippen molar-refractivity contribution in [3.05, 3.63) is 29.8 Å². The van der Waals surface area contributed by atoms with Crippen LogP contribution in [0.15, 0.2) is 24.3 Å². The van der Waals surface area contributed by atoms with E-state index >= 15 is 0 Å². The van der Waals surface area contributed by atoms with Gasteiger partial charge in [-0.1, -0.05) is 6.07 Å². The average molecular weight is 464 g/mol. The number of methoxy groups -OCH3 is 1. The average Bonchev–Trinajstić information content (AvgIpc) is 2.81. The van der Waals surface area contributed by atoms with Crippen LogP contribution in [0.3, 0.4) is 0 Å². The highest BCUT2D eigenvalue weighted by Crippen LogP contribution is 2.16. The minimum Gasteiger partial charge on any atom is -0.383 e. The Kier molecular flexibility index (Phi) is 9.79. The van der Waals surface area contributed by atoms with Gasteiger partial charge in [-0.05, 0) is 18.2 Å². The van der Waals surface area contributed by atoms with Crippen LogP contribution in [0.4, 0.5) is 5.69 Å². The van der Waals surface area contributed by atoms with Crippen molar-refractivity contribution in [2.24, 2.45) is 0 Å². The molecule has 3 amide bonds. The molecule has 2 aliphatic heterocycles. The fourth-order valence-electron chi connectivity index (χ4n) is 3.74. The molecule has 32 heavy (non-hydrogen) atoms. The quantitative estimate of drug-likeness (QED) is 0.505. The van der Waals surface area contributed by atoms with Gasteiger partial charge in [0.05, 0.1) is 19.7 Å². The van der Waals surface area contributed by atoms with Crippen molar-refractivity contribution in [1.29, 1.82) is 0 Å². The predicted molar refractivity (Wildman–Crippen MR) is 126 cm³/mol. The maximum atomic E-state index is 12.7. The summed E-state index contributed by atoms with van der Waals surface area (Å²) < 4.78 is 4.93. The SMILES string of the molecule is COCCNC(=O)CN1CCN(CC(=O)Nc2cccc(C(=O)N3CCSCC3)c2)CC1. The number of hydrogen-bond donors (Lipinski definition) is 2. The van der Waals surface area contributed by atoms with Gasteiger partial charge in [-0.15, -0.1) is 0 Å². The van der Waals surface area contributed by atoms with Gasteiger partial charge in [-0.2, -0.15) is 11.8 Å². The van der Waals surface area contributed by atoms with Crippen LogP contribution < -0.4 is 10.6 Å². The molecule has 0 aliphatic carbocycles. The Morgan fingerprint density at radius 1 is 0.969 bits per heavy atom. The van der Waals surface area contributed by atoms with Gasteiger partial charge in [0.2, 0.25) is 11.8 Å². The zero-order valence-corrected chi connectivity index (χ0v) is 19.5. The van der Waals surface area contributed by atoms with Crippen molar-refractivity contribution in [2.75, 3.05) is 89.4 Å². The summed E-state index contributed by atoms with van der Waals surface area (Å²) in [5.74, 6) is 1.84. The zero-order chi connectivity index (χ0) is 22.8. The third-order valence-electron chi connectivity index (χ3n) is 5.52. The van der Waals surface area contributed by atoms with Gasteiger partial charge in [-0.3, -0.25) is 24.2 Å². The number of hydrogen-bond acceptors (Lipinski definition) is 7. The molecule has 1 aromatic carbocycles. The number of rotatable bonds is 9. The minimum absolute atomic E-state index is 0.00835. The third-order valence-corrected chi connectivity index (χ3v) is 6.46. The largest absolute Gasteiger partial charge is 0.383 e. The number of carbonyl (C=O) groups excluding carboxylic acids is 3. The molecule has 3 rings (SSSR count). The van der Waals surface area contributed by atoms with Gasteiger partial charge >= 0.3 is 0 Å². The second-order valence-electron chi connectivity index (χ2n) is 7.93. The van der Waals surface area contributed by atoms with E-state index in [-0.39, 0.29) is 24.3 Å². The van der Waals surface area contributed by atoms with Crippen molar-refractivity contribution in [3.63, 3.8) is 0 Å². The number of nitrogens with one attached hydrogen (secondary N) is 2. The van der Waals surface area contributed by atoms with Gasteiger partial charge in [-0.25, -0.2) is 0 Å². The summed E-state index contributed by atoms with van der Waals surface area (Å²) in [5, 5.41) is 5.74. The molecule has 0 atom stereocenters. The van der Waals surface area contributed by atoms with Gasteiger partial charge in [0, 0.05) is 75.7 Å². The molecule has 2 aliphatic rings. The number of piperazine rings is 1. The van der Waals surface area contributed by atoms with Gasteiger partial charge < -0.3 is 20.3 Å². The number of amides is 3. The summed E-state index contributed by atoms with van der Waals surface area (Å²) in [4.78, 5) is 43.2. The molecule has 0 aromatic heterocycles. The maximum Gasteiger partial charge on any atom is 0.253 e. The van der Waals surface area contributed by atoms with E-state index in [2.05, 4.69) is 20.4 Å². The van der Waals surface area contributed by atoms with E-state index in [0.717, 1.165) is 50.8 Å². The molecular weight excluding hydrogens is 430 g/mol. The fourth-order valence-corrected chi connectivity index (χ4v) is 4.64. The first-order valence-electron chi connectivity index (χ1n) is 11.0. The maximum absolute atomic E-state index is 12.7. The molecular formula is C22H33N5O4S. The van der Waals surface area contributed by atoms with E-state index in [1.807, 2.05) is 16.7 Å². The molecule has 1 aromatic rings. The Balaban J connectivity index is 1.40. The predicted octanol–water partition coefficient (Wildman–Crippen LogP) is 0.194. The lowest BCUT2D eigenvalue weighted by Gasteiger charge is -2.33. The summed E-state index contributed by atoms with van der Waals surface area (Å²) in [5.41, 5.74) is 1.24. The minimum atomic E-state index is -0.102. The molecule has 0 bridgehead atoms. The van der Waals surface area contributed by atoms with E-state index in [1.54, 1.807) is 31.4 Å². The van der Waals surface area contributed by atoms with Crippen molar-refractivity contribution < 1.29 is 19.1 Å². The molecule has 176 valence electrons. The number of carbonyl (C=O) groups is 3. The van der Waals surface area contributed by atoms with Crippen LogP contribution >= 0.6 is 11.8 Å². The standard InChI is InChI=1S/C22H33N5O4S/c1-31-12-5-23-20(28)16-25-6-8-26(9-7-25)17-21(29)24-19-4-2-3-18(15-19)22(30)27-10-13-32-14-11-27/h2-4,15H,5-14,16-17H2,1H3,(H,23,28)(H,24,29). The van der Waals surface area contributed by atoms with Crippen molar-refractivity contribution in [1.82, 2.24) is 20.0 Å². The lowest BCUT2D eigenvalue weighted by molar-refractivity contribution is -0.123. The molecule has 9 nitrogen and oxygen atoms in total. The monoisotopic (exact) mass is 463 g/mol. The first-order chi connectivity index (χ1) is 15.5. The van der Waals surface area contributed by atoms with Crippen LogP contribution in [0.1, 0.15) is 10.4 Å². The molecule has 0 radical (unpaired) electrons. The Morgan fingerprint density at radius 3 is 2.28 bits per heavy atom. The molecule has 0 unspecified atom stereocenters. The van der Waals surface area contributed by atoms with Crippen molar-refractivity contribution in [3.8, 4) is 0 Å². The lowest BCUT2D eigenvalue weighted by Crippen LogP contribution is -2.51. The highest BCUT2D eigenvalue weighted by atomic mass is 32.2. The van der Waals surface area contributed by atoms with E-state index in [0.29, 0.717) is 30.9 Å². The molecule has 0 saturated carbocycles. The van der Waals surface area contributed by atoms with Crippen LogP contribution in [0.25, 0.3) is 0 Å². The van der Waals surface area contributed by atoms with Gasteiger partial charge in [0.25, 0.3) is 5.91 Å². The molecule has 10 heteroatoms. The van der Waals surface area contributed by atoms with Gasteiger partial charge in [0.15, 0.2) is 0 Å². The number of ether oxygens (including phenoxy) is 1. The summed E-state index contributed by atoms with van der Waals surface area (Å²) in [6, 6.07) is 7.16. The van der Waals surface area contributed by atoms with Crippen LogP contribution in [0.2, 0.25) is 0 Å².